The highest BCUT2D eigenvalue weighted by Gasteiger charge is 2.67. The molecule has 0 radical (unpaired) electrons. The third-order valence-electron chi connectivity index (χ3n) is 8.59. The zero-order chi connectivity index (χ0) is 26.8. The molecule has 1 spiro atoms. The summed E-state index contributed by atoms with van der Waals surface area (Å²) >= 11 is 0. The van der Waals surface area contributed by atoms with Crippen LogP contribution in [0, 0.1) is 0 Å². The van der Waals surface area contributed by atoms with Gasteiger partial charge in [0.1, 0.15) is 29.7 Å². The maximum absolute atomic E-state index is 7.41. The van der Waals surface area contributed by atoms with Crippen LogP contribution in [0.3, 0.4) is 0 Å². The molecular weight excluding hydrogens is 506 g/mol. The van der Waals surface area contributed by atoms with E-state index in [1.165, 1.54) is 6.33 Å². The first-order valence-electron chi connectivity index (χ1n) is 13.7. The van der Waals surface area contributed by atoms with E-state index >= 15 is 0 Å². The zero-order valence-electron chi connectivity index (χ0n) is 23.4. The van der Waals surface area contributed by atoms with Gasteiger partial charge in [0.2, 0.25) is 0 Å². The number of imidazole rings is 1. The summed E-state index contributed by atoms with van der Waals surface area (Å²) in [6.07, 6.45) is 3.80. The SMILES string of the molecule is CC(C)[Si]1(C(C)C)OC[C@H]2O[C@@H](n3cnc4c(N)ncnc43)[C@]3(CCCO3)[C@@H]2O[Si](C(C)C)(C(C)C)O1. The van der Waals surface area contributed by atoms with Crippen molar-refractivity contribution in [1.82, 2.24) is 19.5 Å². The van der Waals surface area contributed by atoms with Crippen LogP contribution in [0.2, 0.25) is 22.2 Å². The predicted molar refractivity (Wildman–Crippen MR) is 145 cm³/mol. The molecule has 5 heterocycles. The second kappa shape index (κ2) is 9.65. The lowest BCUT2D eigenvalue weighted by Gasteiger charge is -2.52. The van der Waals surface area contributed by atoms with Gasteiger partial charge in [-0.1, -0.05) is 55.4 Å². The fourth-order valence-electron chi connectivity index (χ4n) is 6.68. The van der Waals surface area contributed by atoms with Crippen LogP contribution >= 0.6 is 0 Å². The molecule has 2 N–H and O–H groups in total. The van der Waals surface area contributed by atoms with E-state index in [1.807, 2.05) is 4.57 Å². The van der Waals surface area contributed by atoms with E-state index in [1.54, 1.807) is 6.33 Å². The highest BCUT2D eigenvalue weighted by atomic mass is 28.5. The molecule has 0 unspecified atom stereocenters. The Morgan fingerprint density at radius 2 is 1.65 bits per heavy atom. The fraction of sp³-hybridized carbons (Fsp3) is 0.800. The number of nitrogens with zero attached hydrogens (tertiary/aromatic N) is 4. The number of rotatable bonds is 5. The number of hydrogen-bond donors (Lipinski definition) is 1. The minimum Gasteiger partial charge on any atom is -0.414 e. The topological polar surface area (TPSA) is 116 Å². The van der Waals surface area contributed by atoms with Gasteiger partial charge in [-0.2, -0.15) is 0 Å². The zero-order valence-corrected chi connectivity index (χ0v) is 25.4. The Morgan fingerprint density at radius 1 is 0.973 bits per heavy atom. The molecule has 206 valence electrons. The molecule has 2 aromatic rings. The van der Waals surface area contributed by atoms with Gasteiger partial charge in [-0.3, -0.25) is 4.57 Å². The van der Waals surface area contributed by atoms with Crippen LogP contribution in [-0.2, 0) is 22.4 Å². The minimum absolute atomic E-state index is 0.221. The largest absolute Gasteiger partial charge is 0.414 e. The van der Waals surface area contributed by atoms with E-state index < -0.39 is 29.0 Å². The van der Waals surface area contributed by atoms with Gasteiger partial charge < -0.3 is 28.2 Å². The maximum Gasteiger partial charge on any atom is 0.335 e. The molecule has 0 saturated carbocycles. The van der Waals surface area contributed by atoms with Crippen LogP contribution in [0.15, 0.2) is 12.7 Å². The third kappa shape index (κ3) is 4.02. The standard InChI is InChI=1S/C25H43N5O5Si2/c1-15(2)36(16(3)4)32-12-19-21(34-37(35-36,17(5)6)18(7)8)25(10-9-11-31-25)24(33-19)30-14-29-20-22(26)27-13-28-23(20)30/h13-19,21,24H,9-12H2,1-8H3,(H2,26,27,28)/t19-,21-,24-,25+/m1/s1. The van der Waals surface area contributed by atoms with Crippen LogP contribution in [-0.4, -0.2) is 67.7 Å². The van der Waals surface area contributed by atoms with Gasteiger partial charge in [-0.05, 0) is 35.0 Å². The molecule has 4 atom stereocenters. The average Bonchev–Trinajstić information content (AvgIpc) is 3.53. The summed E-state index contributed by atoms with van der Waals surface area (Å²) in [5.41, 5.74) is 7.57. The first-order valence-corrected chi connectivity index (χ1v) is 17.7. The van der Waals surface area contributed by atoms with Crippen LogP contribution in [0.25, 0.3) is 11.2 Å². The lowest BCUT2D eigenvalue weighted by Crippen LogP contribution is -2.67. The van der Waals surface area contributed by atoms with Crippen molar-refractivity contribution in [2.75, 3.05) is 18.9 Å². The van der Waals surface area contributed by atoms with Gasteiger partial charge in [0.25, 0.3) is 0 Å². The Bertz CT molecular complexity index is 1100. The normalized spacial score (nSPS) is 31.6. The van der Waals surface area contributed by atoms with Crippen LogP contribution in [0.1, 0.15) is 74.5 Å². The van der Waals surface area contributed by atoms with Crippen LogP contribution in [0.4, 0.5) is 5.82 Å². The van der Waals surface area contributed by atoms with Gasteiger partial charge in [0, 0.05) is 6.61 Å². The second-order valence-corrected chi connectivity index (χ2v) is 20.9. The number of ether oxygens (including phenoxy) is 2. The second-order valence-electron chi connectivity index (χ2n) is 12.0. The lowest BCUT2D eigenvalue weighted by atomic mass is 9.91. The van der Waals surface area contributed by atoms with E-state index in [4.69, 9.17) is 28.2 Å². The lowest BCUT2D eigenvalue weighted by molar-refractivity contribution is -0.118. The van der Waals surface area contributed by atoms with E-state index in [-0.39, 0.29) is 34.4 Å². The molecule has 3 fully saturated rings. The van der Waals surface area contributed by atoms with E-state index in [9.17, 15) is 0 Å². The van der Waals surface area contributed by atoms with Crippen molar-refractivity contribution >= 4 is 34.1 Å². The summed E-state index contributed by atoms with van der Waals surface area (Å²) in [5, 5.41) is 0. The fourth-order valence-corrected chi connectivity index (χ4v) is 17.9. The maximum atomic E-state index is 7.41. The van der Waals surface area contributed by atoms with Crippen molar-refractivity contribution in [3.8, 4) is 0 Å². The third-order valence-corrected chi connectivity index (χ3v) is 18.8. The number of fused-ring (bicyclic) bond motifs is 3. The monoisotopic (exact) mass is 549 g/mol. The molecule has 10 nitrogen and oxygen atoms in total. The summed E-state index contributed by atoms with van der Waals surface area (Å²) in [6, 6.07) is 0. The smallest absolute Gasteiger partial charge is 0.335 e. The minimum atomic E-state index is -2.83. The molecule has 12 heteroatoms. The number of anilines is 1. The van der Waals surface area contributed by atoms with Crippen molar-refractivity contribution in [3.05, 3.63) is 12.7 Å². The molecule has 3 saturated heterocycles. The summed E-state index contributed by atoms with van der Waals surface area (Å²) < 4.78 is 37.2. The number of nitrogens with two attached hydrogens (primary N) is 1. The molecule has 37 heavy (non-hydrogen) atoms. The summed E-state index contributed by atoms with van der Waals surface area (Å²) in [4.78, 5) is 13.1. The van der Waals surface area contributed by atoms with Gasteiger partial charge in [0.15, 0.2) is 17.7 Å². The summed E-state index contributed by atoms with van der Waals surface area (Å²) in [5.74, 6) is 0.345. The number of nitrogen functional groups attached to an aromatic ring is 1. The molecule has 0 amide bonds. The molecule has 2 aromatic heterocycles. The van der Waals surface area contributed by atoms with Gasteiger partial charge in [-0.25, -0.2) is 15.0 Å². The van der Waals surface area contributed by atoms with E-state index in [0.717, 1.165) is 12.8 Å². The van der Waals surface area contributed by atoms with Crippen LogP contribution in [0.5, 0.6) is 0 Å². The molecule has 3 aliphatic rings. The molecular formula is C25H43N5O5Si2. The predicted octanol–water partition coefficient (Wildman–Crippen LogP) is 4.81. The average molecular weight is 550 g/mol. The molecule has 5 rings (SSSR count). The Kier molecular flexibility index (Phi) is 7.08. The van der Waals surface area contributed by atoms with Crippen molar-refractivity contribution in [2.45, 2.75) is 114 Å². The molecule has 0 aromatic carbocycles. The van der Waals surface area contributed by atoms with Crippen molar-refractivity contribution in [1.29, 1.82) is 0 Å². The van der Waals surface area contributed by atoms with E-state index in [0.29, 0.717) is 30.2 Å². The Hall–Kier alpha value is -1.42. The molecule has 3 aliphatic heterocycles. The van der Waals surface area contributed by atoms with Gasteiger partial charge in [0.05, 0.1) is 12.9 Å². The Morgan fingerprint density at radius 3 is 2.24 bits per heavy atom. The van der Waals surface area contributed by atoms with Gasteiger partial charge in [-0.15, -0.1) is 0 Å². The Balaban J connectivity index is 1.65. The number of hydrogen-bond acceptors (Lipinski definition) is 9. The number of aromatic nitrogens is 4. The Labute approximate surface area is 222 Å². The molecule has 0 bridgehead atoms. The summed E-state index contributed by atoms with van der Waals surface area (Å²) in [7, 11) is -5.50. The van der Waals surface area contributed by atoms with Crippen molar-refractivity contribution < 1.29 is 22.4 Å². The molecule has 0 aliphatic carbocycles. The van der Waals surface area contributed by atoms with Crippen molar-refractivity contribution in [2.24, 2.45) is 0 Å². The van der Waals surface area contributed by atoms with Crippen molar-refractivity contribution in [3.63, 3.8) is 0 Å². The van der Waals surface area contributed by atoms with Crippen LogP contribution < -0.4 is 5.73 Å². The highest BCUT2D eigenvalue weighted by molar-refractivity contribution is 6.84. The highest BCUT2D eigenvalue weighted by Crippen LogP contribution is 2.54. The summed E-state index contributed by atoms with van der Waals surface area (Å²) in [6.45, 7) is 18.9. The van der Waals surface area contributed by atoms with Gasteiger partial charge >= 0.3 is 17.1 Å². The van der Waals surface area contributed by atoms with E-state index in [2.05, 4.69) is 70.3 Å². The first kappa shape index (κ1) is 27.2. The first-order chi connectivity index (χ1) is 17.5. The quantitative estimate of drug-likeness (QED) is 0.524.